The number of hydrogen-bond acceptors (Lipinski definition) is 7. The lowest BCUT2D eigenvalue weighted by atomic mass is 10.0. The van der Waals surface area contributed by atoms with Crippen molar-refractivity contribution >= 4 is 33.3 Å². The molecule has 2 aliphatic heterocycles. The molecule has 0 spiro atoms. The number of fused-ring (bicyclic) bond motifs is 1. The zero-order valence-corrected chi connectivity index (χ0v) is 18.3. The van der Waals surface area contributed by atoms with Crippen LogP contribution in [-0.2, 0) is 4.74 Å². The van der Waals surface area contributed by atoms with Crippen molar-refractivity contribution in [3.63, 3.8) is 0 Å². The van der Waals surface area contributed by atoms with E-state index >= 15 is 0 Å². The first-order chi connectivity index (χ1) is 14.1. The number of morpholine rings is 1. The average molecular weight is 418 g/mol. The molecule has 1 unspecified atom stereocenters. The van der Waals surface area contributed by atoms with Gasteiger partial charge in [0.1, 0.15) is 17.0 Å². The fourth-order valence-corrected chi connectivity index (χ4v) is 5.37. The molecule has 2 aromatic heterocycles. The molecule has 4 rings (SSSR count). The second-order valence-corrected chi connectivity index (χ2v) is 9.03. The van der Waals surface area contributed by atoms with Gasteiger partial charge < -0.3 is 15.0 Å². The maximum Gasteiger partial charge on any atom is 0.261 e. The Morgan fingerprint density at radius 1 is 1.28 bits per heavy atom. The molecule has 2 aromatic rings. The van der Waals surface area contributed by atoms with Crippen LogP contribution >= 0.6 is 11.3 Å². The fraction of sp³-hybridized carbons (Fsp3) is 0.667. The fourth-order valence-electron chi connectivity index (χ4n) is 4.31. The predicted octanol–water partition coefficient (Wildman–Crippen LogP) is 2.83. The summed E-state index contributed by atoms with van der Waals surface area (Å²) in [6.07, 6.45) is 6.23. The Kier molecular flexibility index (Phi) is 6.62. The second-order valence-electron chi connectivity index (χ2n) is 8.04. The summed E-state index contributed by atoms with van der Waals surface area (Å²) in [5.41, 5.74) is 1.00. The summed E-state index contributed by atoms with van der Waals surface area (Å²) >= 11 is 1.48. The summed E-state index contributed by atoms with van der Waals surface area (Å²) in [6.45, 7) is 10.6. The highest BCUT2D eigenvalue weighted by Gasteiger charge is 2.25. The monoisotopic (exact) mass is 417 g/mol. The number of anilines is 1. The first-order valence-corrected chi connectivity index (χ1v) is 11.6. The average Bonchev–Trinajstić information content (AvgIpc) is 3.09. The molecule has 8 heteroatoms. The Morgan fingerprint density at radius 3 is 2.90 bits per heavy atom. The zero-order chi connectivity index (χ0) is 20.2. The largest absolute Gasteiger partial charge is 0.379 e. The van der Waals surface area contributed by atoms with E-state index in [1.807, 2.05) is 6.92 Å². The summed E-state index contributed by atoms with van der Waals surface area (Å²) in [5.74, 6) is 0.993. The molecular weight excluding hydrogens is 386 g/mol. The highest BCUT2D eigenvalue weighted by molar-refractivity contribution is 7.20. The lowest BCUT2D eigenvalue weighted by molar-refractivity contribution is 0.0374. The number of carbonyl (C=O) groups is 1. The van der Waals surface area contributed by atoms with E-state index in [1.165, 1.54) is 30.6 Å². The van der Waals surface area contributed by atoms with Crippen LogP contribution in [0.3, 0.4) is 0 Å². The first kappa shape index (κ1) is 20.5. The van der Waals surface area contributed by atoms with Crippen LogP contribution in [0.25, 0.3) is 10.2 Å². The van der Waals surface area contributed by atoms with Crippen molar-refractivity contribution in [1.29, 1.82) is 0 Å². The number of aromatic nitrogens is 2. The van der Waals surface area contributed by atoms with Crippen molar-refractivity contribution in [3.8, 4) is 0 Å². The number of rotatable bonds is 6. The summed E-state index contributed by atoms with van der Waals surface area (Å²) < 4.78 is 5.38. The van der Waals surface area contributed by atoms with Crippen molar-refractivity contribution in [2.24, 2.45) is 0 Å². The smallest absolute Gasteiger partial charge is 0.261 e. The number of hydrogen-bond donors (Lipinski definition) is 1. The van der Waals surface area contributed by atoms with Crippen LogP contribution in [0, 0.1) is 6.92 Å². The van der Waals surface area contributed by atoms with E-state index in [1.54, 1.807) is 6.33 Å². The first-order valence-electron chi connectivity index (χ1n) is 10.7. The van der Waals surface area contributed by atoms with Gasteiger partial charge in [0.25, 0.3) is 5.91 Å². The van der Waals surface area contributed by atoms with Crippen molar-refractivity contribution in [2.75, 3.05) is 50.8 Å². The Bertz CT molecular complexity index is 849. The molecule has 158 valence electrons. The van der Waals surface area contributed by atoms with Crippen molar-refractivity contribution in [3.05, 3.63) is 16.8 Å². The van der Waals surface area contributed by atoms with E-state index in [9.17, 15) is 4.79 Å². The minimum atomic E-state index is 0.00474. The lowest BCUT2D eigenvalue weighted by Crippen LogP contribution is -2.38. The summed E-state index contributed by atoms with van der Waals surface area (Å²) in [6, 6.07) is 0.471. The number of thiophene rings is 1. The van der Waals surface area contributed by atoms with Crippen LogP contribution in [0.1, 0.15) is 47.8 Å². The molecule has 0 radical (unpaired) electrons. The molecule has 0 bridgehead atoms. The van der Waals surface area contributed by atoms with Crippen LogP contribution in [0.5, 0.6) is 0 Å². The molecule has 0 saturated carbocycles. The highest BCUT2D eigenvalue weighted by Crippen LogP contribution is 2.36. The SMILES string of the molecule is Cc1c(C(=O)NCCCN2CCOCC2)sc2ncnc(N3CCCCC3C)c12. The number of nitrogens with one attached hydrogen (secondary N) is 1. The van der Waals surface area contributed by atoms with E-state index in [-0.39, 0.29) is 5.91 Å². The minimum Gasteiger partial charge on any atom is -0.379 e. The van der Waals surface area contributed by atoms with Gasteiger partial charge in [-0.1, -0.05) is 0 Å². The third-order valence-electron chi connectivity index (χ3n) is 6.03. The number of nitrogens with zero attached hydrogens (tertiary/aromatic N) is 4. The Balaban J connectivity index is 1.44. The van der Waals surface area contributed by atoms with Crippen molar-refractivity contribution in [1.82, 2.24) is 20.2 Å². The molecule has 1 N–H and O–H groups in total. The summed E-state index contributed by atoms with van der Waals surface area (Å²) in [7, 11) is 0. The van der Waals surface area contributed by atoms with E-state index in [0.717, 1.165) is 72.3 Å². The van der Waals surface area contributed by atoms with E-state index < -0.39 is 0 Å². The predicted molar refractivity (Wildman–Crippen MR) is 117 cm³/mol. The van der Waals surface area contributed by atoms with Gasteiger partial charge in [-0.25, -0.2) is 9.97 Å². The Hall–Kier alpha value is -1.77. The van der Waals surface area contributed by atoms with Crippen LogP contribution in [0.4, 0.5) is 5.82 Å². The van der Waals surface area contributed by atoms with Crippen LogP contribution in [0.2, 0.25) is 0 Å². The van der Waals surface area contributed by atoms with Gasteiger partial charge in [-0.15, -0.1) is 11.3 Å². The van der Waals surface area contributed by atoms with Gasteiger partial charge >= 0.3 is 0 Å². The van der Waals surface area contributed by atoms with Gasteiger partial charge in [0.15, 0.2) is 0 Å². The maximum atomic E-state index is 12.8. The Morgan fingerprint density at radius 2 is 2.10 bits per heavy atom. The summed E-state index contributed by atoms with van der Waals surface area (Å²) in [5, 5.41) is 4.15. The van der Waals surface area contributed by atoms with Gasteiger partial charge in [-0.2, -0.15) is 0 Å². The number of amides is 1. The molecule has 29 heavy (non-hydrogen) atoms. The van der Waals surface area contributed by atoms with Crippen LogP contribution in [-0.4, -0.2) is 72.8 Å². The second kappa shape index (κ2) is 9.36. The Labute approximate surface area is 176 Å². The number of ether oxygens (including phenoxy) is 1. The number of piperidine rings is 1. The highest BCUT2D eigenvalue weighted by atomic mass is 32.1. The lowest BCUT2D eigenvalue weighted by Gasteiger charge is -2.34. The molecular formula is C21H31N5O2S. The van der Waals surface area contributed by atoms with Crippen molar-refractivity contribution < 1.29 is 9.53 Å². The summed E-state index contributed by atoms with van der Waals surface area (Å²) in [4.78, 5) is 28.4. The quantitative estimate of drug-likeness (QED) is 0.729. The van der Waals surface area contributed by atoms with E-state index in [4.69, 9.17) is 4.74 Å². The minimum absolute atomic E-state index is 0.00474. The standard InChI is InChI=1S/C21H31N5O2S/c1-15-6-3-4-9-26(15)19-17-16(2)18(29-21(17)24-14-23-19)20(27)22-7-5-8-25-10-12-28-13-11-25/h14-15H,3-13H2,1-2H3,(H,22,27). The van der Waals surface area contributed by atoms with Gasteiger partial charge in [0, 0.05) is 32.2 Å². The molecule has 7 nitrogen and oxygen atoms in total. The molecule has 2 fully saturated rings. The van der Waals surface area contributed by atoms with Crippen LogP contribution < -0.4 is 10.2 Å². The van der Waals surface area contributed by atoms with E-state index in [2.05, 4.69) is 32.0 Å². The molecule has 2 aliphatic rings. The molecule has 2 saturated heterocycles. The van der Waals surface area contributed by atoms with E-state index in [0.29, 0.717) is 12.6 Å². The van der Waals surface area contributed by atoms with Crippen molar-refractivity contribution in [2.45, 2.75) is 45.6 Å². The van der Waals surface area contributed by atoms with Gasteiger partial charge in [0.2, 0.25) is 0 Å². The number of carbonyl (C=O) groups excluding carboxylic acids is 1. The zero-order valence-electron chi connectivity index (χ0n) is 17.4. The van der Waals surface area contributed by atoms with Gasteiger partial charge in [-0.3, -0.25) is 9.69 Å². The van der Waals surface area contributed by atoms with Gasteiger partial charge in [0.05, 0.1) is 23.5 Å². The topological polar surface area (TPSA) is 70.6 Å². The normalized spacial score (nSPS) is 20.9. The van der Waals surface area contributed by atoms with Crippen LogP contribution in [0.15, 0.2) is 6.33 Å². The third kappa shape index (κ3) is 4.54. The molecule has 1 atom stereocenters. The number of aryl methyl sites for hydroxylation is 1. The molecule has 4 heterocycles. The molecule has 1 amide bonds. The maximum absolute atomic E-state index is 12.8. The molecule has 0 aromatic carbocycles. The molecule has 0 aliphatic carbocycles. The van der Waals surface area contributed by atoms with Gasteiger partial charge in [-0.05, 0) is 51.6 Å². The third-order valence-corrected chi connectivity index (χ3v) is 7.23.